The van der Waals surface area contributed by atoms with Crippen molar-refractivity contribution in [2.75, 3.05) is 12.4 Å². The van der Waals surface area contributed by atoms with E-state index >= 15 is 0 Å². The topological polar surface area (TPSA) is 43.4 Å². The zero-order valence-electron chi connectivity index (χ0n) is 11.2. The van der Waals surface area contributed by atoms with Gasteiger partial charge in [-0.05, 0) is 31.9 Å². The Morgan fingerprint density at radius 2 is 2.05 bits per heavy atom. The summed E-state index contributed by atoms with van der Waals surface area (Å²) in [6.45, 7) is 2.17. The van der Waals surface area contributed by atoms with Crippen LogP contribution in [0, 0.1) is 0 Å². The third kappa shape index (κ3) is 6.91. The van der Waals surface area contributed by atoms with Crippen molar-refractivity contribution in [3.8, 4) is 0 Å². The molecule has 0 aliphatic rings. The van der Waals surface area contributed by atoms with E-state index in [1.807, 2.05) is 49.4 Å². The lowest BCUT2D eigenvalue weighted by atomic mass is 10.2. The van der Waals surface area contributed by atoms with Crippen molar-refractivity contribution >= 4 is 16.8 Å². The standard InChI is InChI=1S/C15H20O3S/c1-2-3-4-8-11-15(16)18-12-13-19(17)14-9-6-5-7-10-14/h2-3,5-7,9-10H,4,8,11-13H2,1H3/b3-2-. The lowest BCUT2D eigenvalue weighted by Gasteiger charge is -2.04. The van der Waals surface area contributed by atoms with Gasteiger partial charge >= 0.3 is 5.97 Å². The fraction of sp³-hybridized carbons (Fsp3) is 0.400. The second kappa shape index (κ2) is 9.50. The zero-order valence-corrected chi connectivity index (χ0v) is 12.0. The molecule has 104 valence electrons. The van der Waals surface area contributed by atoms with Crippen LogP contribution >= 0.6 is 0 Å². The quantitative estimate of drug-likeness (QED) is 0.417. The van der Waals surface area contributed by atoms with Gasteiger partial charge in [0.1, 0.15) is 6.61 Å². The molecule has 1 aromatic carbocycles. The summed E-state index contributed by atoms with van der Waals surface area (Å²) in [6, 6.07) is 9.20. The predicted molar refractivity (Wildman–Crippen MR) is 77.3 cm³/mol. The van der Waals surface area contributed by atoms with Crippen molar-refractivity contribution in [1.29, 1.82) is 0 Å². The molecular formula is C15H20O3S. The Morgan fingerprint density at radius 1 is 1.32 bits per heavy atom. The normalized spacial score (nSPS) is 12.5. The summed E-state index contributed by atoms with van der Waals surface area (Å²) in [5.74, 6) is 0.138. The summed E-state index contributed by atoms with van der Waals surface area (Å²) in [6.07, 6.45) is 6.10. The molecule has 0 saturated heterocycles. The van der Waals surface area contributed by atoms with Gasteiger partial charge in [0.25, 0.3) is 0 Å². The number of hydrogen-bond acceptors (Lipinski definition) is 3. The zero-order chi connectivity index (χ0) is 13.9. The Labute approximate surface area is 117 Å². The van der Waals surface area contributed by atoms with Gasteiger partial charge in [0, 0.05) is 11.3 Å². The smallest absolute Gasteiger partial charge is 0.305 e. The van der Waals surface area contributed by atoms with E-state index in [0.717, 1.165) is 17.7 Å². The van der Waals surface area contributed by atoms with Gasteiger partial charge < -0.3 is 4.74 Å². The third-order valence-corrected chi connectivity index (χ3v) is 3.86. The van der Waals surface area contributed by atoms with Crippen LogP contribution < -0.4 is 0 Å². The van der Waals surface area contributed by atoms with E-state index in [1.54, 1.807) is 0 Å². The van der Waals surface area contributed by atoms with Crippen molar-refractivity contribution < 1.29 is 13.7 Å². The van der Waals surface area contributed by atoms with Crippen LogP contribution in [-0.4, -0.2) is 22.5 Å². The van der Waals surface area contributed by atoms with Crippen LogP contribution in [0.1, 0.15) is 26.2 Å². The average Bonchev–Trinajstić information content (AvgIpc) is 2.44. The fourth-order valence-electron chi connectivity index (χ4n) is 1.52. The molecular weight excluding hydrogens is 260 g/mol. The molecule has 1 atom stereocenters. The fourth-order valence-corrected chi connectivity index (χ4v) is 2.46. The molecule has 0 bridgehead atoms. The van der Waals surface area contributed by atoms with Gasteiger partial charge in [-0.15, -0.1) is 0 Å². The van der Waals surface area contributed by atoms with Gasteiger partial charge in [0.15, 0.2) is 0 Å². The maximum atomic E-state index is 11.8. The molecule has 0 radical (unpaired) electrons. The summed E-state index contributed by atoms with van der Waals surface area (Å²) in [5, 5.41) is 0. The van der Waals surface area contributed by atoms with Gasteiger partial charge in [0.05, 0.1) is 16.6 Å². The molecule has 19 heavy (non-hydrogen) atoms. The van der Waals surface area contributed by atoms with Gasteiger partial charge in [-0.25, -0.2) is 0 Å². The Bertz CT molecular complexity index is 426. The van der Waals surface area contributed by atoms with Crippen molar-refractivity contribution in [3.63, 3.8) is 0 Å². The van der Waals surface area contributed by atoms with E-state index in [1.165, 1.54) is 0 Å². The number of ether oxygens (including phenoxy) is 1. The Balaban J connectivity index is 2.16. The molecule has 0 heterocycles. The van der Waals surface area contributed by atoms with Crippen LogP contribution in [0.3, 0.4) is 0 Å². The number of carbonyl (C=O) groups is 1. The minimum absolute atomic E-state index is 0.212. The molecule has 1 unspecified atom stereocenters. The van der Waals surface area contributed by atoms with Crippen molar-refractivity contribution in [2.45, 2.75) is 31.1 Å². The van der Waals surface area contributed by atoms with Crippen LogP contribution in [-0.2, 0) is 20.3 Å². The first-order valence-electron chi connectivity index (χ1n) is 6.44. The van der Waals surface area contributed by atoms with Gasteiger partial charge in [-0.3, -0.25) is 9.00 Å². The highest BCUT2D eigenvalue weighted by Gasteiger charge is 2.06. The molecule has 0 saturated carbocycles. The van der Waals surface area contributed by atoms with Gasteiger partial charge in [-0.1, -0.05) is 30.4 Å². The second-order valence-corrected chi connectivity index (χ2v) is 5.62. The van der Waals surface area contributed by atoms with E-state index in [-0.39, 0.29) is 12.6 Å². The van der Waals surface area contributed by atoms with E-state index in [0.29, 0.717) is 12.2 Å². The monoisotopic (exact) mass is 280 g/mol. The average molecular weight is 280 g/mol. The maximum absolute atomic E-state index is 11.8. The first-order valence-corrected chi connectivity index (χ1v) is 7.76. The highest BCUT2D eigenvalue weighted by atomic mass is 32.2. The molecule has 0 spiro atoms. The van der Waals surface area contributed by atoms with Crippen molar-refractivity contribution in [3.05, 3.63) is 42.5 Å². The van der Waals surface area contributed by atoms with E-state index in [4.69, 9.17) is 4.74 Å². The summed E-state index contributed by atoms with van der Waals surface area (Å²) in [4.78, 5) is 12.1. The predicted octanol–water partition coefficient (Wildman–Crippen LogP) is 3.08. The molecule has 0 amide bonds. The lowest BCUT2D eigenvalue weighted by molar-refractivity contribution is -0.143. The summed E-state index contributed by atoms with van der Waals surface area (Å²) >= 11 is 0. The summed E-state index contributed by atoms with van der Waals surface area (Å²) in [7, 11) is -1.10. The minimum Gasteiger partial charge on any atom is -0.465 e. The SMILES string of the molecule is C/C=C\CCCC(=O)OCCS(=O)c1ccccc1. The first-order chi connectivity index (χ1) is 9.24. The minimum atomic E-state index is -1.10. The van der Waals surface area contributed by atoms with Crippen LogP contribution in [0.2, 0.25) is 0 Å². The number of rotatable bonds is 8. The largest absolute Gasteiger partial charge is 0.465 e. The number of benzene rings is 1. The van der Waals surface area contributed by atoms with Crippen LogP contribution in [0.5, 0.6) is 0 Å². The first kappa shape index (κ1) is 15.6. The molecule has 1 rings (SSSR count). The van der Waals surface area contributed by atoms with Crippen LogP contribution in [0.4, 0.5) is 0 Å². The maximum Gasteiger partial charge on any atom is 0.305 e. The van der Waals surface area contributed by atoms with Crippen molar-refractivity contribution in [1.82, 2.24) is 0 Å². The third-order valence-electron chi connectivity index (χ3n) is 2.53. The molecule has 1 aromatic rings. The van der Waals surface area contributed by atoms with Gasteiger partial charge in [0.2, 0.25) is 0 Å². The van der Waals surface area contributed by atoms with Crippen molar-refractivity contribution in [2.24, 2.45) is 0 Å². The number of carbonyl (C=O) groups excluding carboxylic acids is 1. The Hall–Kier alpha value is -1.42. The highest BCUT2D eigenvalue weighted by Crippen LogP contribution is 2.05. The Morgan fingerprint density at radius 3 is 2.74 bits per heavy atom. The molecule has 0 fully saturated rings. The number of allylic oxidation sites excluding steroid dienone is 2. The van der Waals surface area contributed by atoms with Gasteiger partial charge in [-0.2, -0.15) is 0 Å². The molecule has 3 nitrogen and oxygen atoms in total. The lowest BCUT2D eigenvalue weighted by Crippen LogP contribution is -2.11. The molecule has 0 aliphatic carbocycles. The van der Waals surface area contributed by atoms with Crippen LogP contribution in [0.25, 0.3) is 0 Å². The molecule has 0 aliphatic heterocycles. The molecule has 4 heteroatoms. The van der Waals surface area contributed by atoms with Crippen LogP contribution in [0.15, 0.2) is 47.4 Å². The van der Waals surface area contributed by atoms with E-state index in [9.17, 15) is 9.00 Å². The number of esters is 1. The summed E-state index contributed by atoms with van der Waals surface area (Å²) < 4.78 is 16.9. The second-order valence-electron chi connectivity index (χ2n) is 4.04. The molecule has 0 N–H and O–H groups in total. The Kier molecular flexibility index (Phi) is 7.82. The number of hydrogen-bond donors (Lipinski definition) is 0. The van der Waals surface area contributed by atoms with E-state index in [2.05, 4.69) is 0 Å². The van der Waals surface area contributed by atoms with E-state index < -0.39 is 10.8 Å². The summed E-state index contributed by atoms with van der Waals surface area (Å²) in [5.41, 5.74) is 0. The highest BCUT2D eigenvalue weighted by molar-refractivity contribution is 7.85. The number of unbranched alkanes of at least 4 members (excludes halogenated alkanes) is 1. The molecule has 0 aromatic heterocycles.